The molecular weight excluding hydrogens is 320 g/mol. The normalized spacial score (nSPS) is 23.8. The Balaban J connectivity index is 1.61. The van der Waals surface area contributed by atoms with Gasteiger partial charge in [-0.15, -0.1) is 5.48 Å². The van der Waals surface area contributed by atoms with E-state index in [1.807, 2.05) is 38.1 Å². The molecule has 130 valence electrons. The molecule has 1 aliphatic carbocycles. The van der Waals surface area contributed by atoms with Crippen molar-refractivity contribution < 1.29 is 4.84 Å². The zero-order valence-electron chi connectivity index (χ0n) is 14.2. The van der Waals surface area contributed by atoms with Gasteiger partial charge in [0, 0.05) is 24.1 Å². The van der Waals surface area contributed by atoms with Crippen LogP contribution in [-0.2, 0) is 22.5 Å². The summed E-state index contributed by atoms with van der Waals surface area (Å²) < 4.78 is 2.92. The van der Waals surface area contributed by atoms with Crippen molar-refractivity contribution in [3.05, 3.63) is 75.0 Å². The first-order valence-corrected chi connectivity index (χ1v) is 8.31. The Bertz CT molecular complexity index is 956. The second-order valence-electron chi connectivity index (χ2n) is 7.14. The lowest BCUT2D eigenvalue weighted by molar-refractivity contribution is 0.0755. The summed E-state index contributed by atoms with van der Waals surface area (Å²) in [6.45, 7) is 4.13. The highest BCUT2D eigenvalue weighted by atomic mass is 16.7. The third-order valence-electron chi connectivity index (χ3n) is 4.98. The van der Waals surface area contributed by atoms with Crippen LogP contribution >= 0.6 is 0 Å². The summed E-state index contributed by atoms with van der Waals surface area (Å²) in [7, 11) is 0. The molecule has 7 heteroatoms. The SMILES string of the molecule is CC1(c2ccccn2)C=C(Cn2ccn(C3(C)CC3)c(=O)c2=O)ON1. The van der Waals surface area contributed by atoms with Crippen LogP contribution in [0.15, 0.2) is 58.2 Å². The van der Waals surface area contributed by atoms with E-state index in [4.69, 9.17) is 4.84 Å². The number of nitrogens with one attached hydrogen (secondary N) is 1. The Kier molecular flexibility index (Phi) is 3.43. The fraction of sp³-hybridized carbons (Fsp3) is 0.389. The van der Waals surface area contributed by atoms with Crippen LogP contribution in [-0.4, -0.2) is 14.1 Å². The van der Waals surface area contributed by atoms with Crippen molar-refractivity contribution in [3.63, 3.8) is 0 Å². The van der Waals surface area contributed by atoms with Crippen LogP contribution in [0.3, 0.4) is 0 Å². The second kappa shape index (κ2) is 5.42. The van der Waals surface area contributed by atoms with Crippen molar-refractivity contribution in [2.24, 2.45) is 0 Å². The third kappa shape index (κ3) is 2.70. The molecule has 1 saturated carbocycles. The molecule has 25 heavy (non-hydrogen) atoms. The molecule has 2 aromatic rings. The Morgan fingerprint density at radius 1 is 1.20 bits per heavy atom. The fourth-order valence-electron chi connectivity index (χ4n) is 3.07. The Labute approximate surface area is 144 Å². The lowest BCUT2D eigenvalue weighted by Gasteiger charge is -2.19. The Morgan fingerprint density at radius 3 is 2.68 bits per heavy atom. The van der Waals surface area contributed by atoms with Crippen molar-refractivity contribution in [2.75, 3.05) is 0 Å². The lowest BCUT2D eigenvalue weighted by atomic mass is 9.98. The molecule has 0 radical (unpaired) electrons. The summed E-state index contributed by atoms with van der Waals surface area (Å²) in [6, 6.07) is 5.66. The average Bonchev–Trinajstić information content (AvgIpc) is 3.24. The van der Waals surface area contributed by atoms with Crippen LogP contribution < -0.4 is 16.6 Å². The molecule has 1 aliphatic heterocycles. The molecule has 0 spiro atoms. The summed E-state index contributed by atoms with van der Waals surface area (Å²) in [6.07, 6.45) is 8.80. The van der Waals surface area contributed by atoms with Crippen molar-refractivity contribution in [1.82, 2.24) is 19.6 Å². The summed E-state index contributed by atoms with van der Waals surface area (Å²) in [5.41, 5.74) is 1.97. The van der Waals surface area contributed by atoms with Crippen molar-refractivity contribution in [1.29, 1.82) is 0 Å². The predicted octanol–water partition coefficient (Wildman–Crippen LogP) is 1.25. The molecule has 0 saturated heterocycles. The van der Waals surface area contributed by atoms with E-state index in [0.717, 1.165) is 18.5 Å². The monoisotopic (exact) mass is 340 g/mol. The van der Waals surface area contributed by atoms with E-state index in [2.05, 4.69) is 10.5 Å². The van der Waals surface area contributed by atoms with Gasteiger partial charge in [-0.05, 0) is 44.9 Å². The Hall–Kier alpha value is -2.67. The minimum atomic E-state index is -0.573. The number of pyridine rings is 1. The van der Waals surface area contributed by atoms with E-state index in [1.54, 1.807) is 23.2 Å². The molecule has 0 amide bonds. The number of aromatic nitrogens is 3. The van der Waals surface area contributed by atoms with Crippen LogP contribution in [0.2, 0.25) is 0 Å². The first-order valence-electron chi connectivity index (χ1n) is 8.31. The molecular formula is C18H20N4O3. The van der Waals surface area contributed by atoms with Crippen molar-refractivity contribution >= 4 is 0 Å². The zero-order valence-corrected chi connectivity index (χ0v) is 14.2. The highest BCUT2D eigenvalue weighted by molar-refractivity contribution is 5.25. The molecule has 4 rings (SSSR count). The number of hydrogen-bond acceptors (Lipinski definition) is 5. The number of nitrogens with zero attached hydrogens (tertiary/aromatic N) is 3. The molecule has 1 fully saturated rings. The van der Waals surface area contributed by atoms with Gasteiger partial charge in [0.1, 0.15) is 11.3 Å². The van der Waals surface area contributed by atoms with E-state index in [-0.39, 0.29) is 12.1 Å². The van der Waals surface area contributed by atoms with Crippen LogP contribution in [0, 0.1) is 0 Å². The molecule has 7 nitrogen and oxygen atoms in total. The van der Waals surface area contributed by atoms with Gasteiger partial charge in [-0.1, -0.05) is 6.07 Å². The molecule has 2 aromatic heterocycles. The van der Waals surface area contributed by atoms with E-state index in [9.17, 15) is 9.59 Å². The molecule has 1 N–H and O–H groups in total. The minimum Gasteiger partial charge on any atom is -0.410 e. The lowest BCUT2D eigenvalue weighted by Crippen LogP contribution is -2.43. The van der Waals surface area contributed by atoms with Gasteiger partial charge in [-0.25, -0.2) is 0 Å². The van der Waals surface area contributed by atoms with Gasteiger partial charge in [-0.3, -0.25) is 14.6 Å². The highest BCUT2D eigenvalue weighted by Gasteiger charge is 2.40. The molecule has 0 bridgehead atoms. The largest absolute Gasteiger partial charge is 0.410 e. The van der Waals surface area contributed by atoms with Gasteiger partial charge in [0.2, 0.25) is 0 Å². The average molecular weight is 340 g/mol. The standard InChI is InChI=1S/C18H20N4O3/c1-17(6-7-17)22-10-9-21(15(23)16(22)24)12-13-11-18(2,20-25-13)14-5-3-4-8-19-14/h3-5,8-11,20H,6-7,12H2,1-2H3. The number of rotatable bonds is 4. The molecule has 2 aliphatic rings. The maximum atomic E-state index is 12.4. The maximum Gasteiger partial charge on any atom is 0.316 e. The third-order valence-corrected chi connectivity index (χ3v) is 4.98. The first-order chi connectivity index (χ1) is 11.9. The summed E-state index contributed by atoms with van der Waals surface area (Å²) in [5.74, 6) is 0.574. The van der Waals surface area contributed by atoms with Gasteiger partial charge < -0.3 is 14.0 Å². The summed E-state index contributed by atoms with van der Waals surface area (Å²) in [4.78, 5) is 34.6. The highest BCUT2D eigenvalue weighted by Crippen LogP contribution is 2.41. The molecule has 0 aromatic carbocycles. The molecule has 1 unspecified atom stereocenters. The van der Waals surface area contributed by atoms with Gasteiger partial charge in [0.05, 0.1) is 12.2 Å². The van der Waals surface area contributed by atoms with Gasteiger partial charge in [0.25, 0.3) is 0 Å². The summed E-state index contributed by atoms with van der Waals surface area (Å²) in [5, 5.41) is 0. The van der Waals surface area contributed by atoms with Crippen LogP contribution in [0.25, 0.3) is 0 Å². The van der Waals surface area contributed by atoms with E-state index >= 15 is 0 Å². The zero-order chi connectivity index (χ0) is 17.7. The van der Waals surface area contributed by atoms with Crippen molar-refractivity contribution in [3.8, 4) is 0 Å². The minimum absolute atomic E-state index is 0.195. The van der Waals surface area contributed by atoms with Crippen LogP contribution in [0.4, 0.5) is 0 Å². The number of hydrogen-bond donors (Lipinski definition) is 1. The van der Waals surface area contributed by atoms with Gasteiger partial charge in [-0.2, -0.15) is 0 Å². The van der Waals surface area contributed by atoms with E-state index in [0.29, 0.717) is 5.76 Å². The molecule has 1 atom stereocenters. The van der Waals surface area contributed by atoms with Crippen LogP contribution in [0.1, 0.15) is 32.4 Å². The smallest absolute Gasteiger partial charge is 0.316 e. The second-order valence-corrected chi connectivity index (χ2v) is 7.14. The van der Waals surface area contributed by atoms with Crippen LogP contribution in [0.5, 0.6) is 0 Å². The van der Waals surface area contributed by atoms with Gasteiger partial charge >= 0.3 is 11.1 Å². The van der Waals surface area contributed by atoms with E-state index in [1.165, 1.54) is 4.57 Å². The first kappa shape index (κ1) is 15.8. The number of allylic oxidation sites excluding steroid dienone is 1. The topological polar surface area (TPSA) is 78.2 Å². The predicted molar refractivity (Wildman–Crippen MR) is 91.7 cm³/mol. The fourth-order valence-corrected chi connectivity index (χ4v) is 3.07. The maximum absolute atomic E-state index is 12.4. The Morgan fingerprint density at radius 2 is 2.00 bits per heavy atom. The number of hydroxylamine groups is 1. The quantitative estimate of drug-likeness (QED) is 0.848. The summed E-state index contributed by atoms with van der Waals surface area (Å²) >= 11 is 0. The van der Waals surface area contributed by atoms with E-state index < -0.39 is 16.7 Å². The van der Waals surface area contributed by atoms with Crippen molar-refractivity contribution in [2.45, 2.75) is 44.3 Å². The molecule has 3 heterocycles. The van der Waals surface area contributed by atoms with Gasteiger partial charge in [0.15, 0.2) is 0 Å².